The number of carbonyl (C=O) groups is 2. The van der Waals surface area contributed by atoms with Gasteiger partial charge in [-0.15, -0.1) is 0 Å². The van der Waals surface area contributed by atoms with Gasteiger partial charge in [-0.3, -0.25) is 20.4 Å². The van der Waals surface area contributed by atoms with Crippen LogP contribution in [0.1, 0.15) is 31.7 Å². The summed E-state index contributed by atoms with van der Waals surface area (Å²) in [6, 6.07) is 7.36. The van der Waals surface area contributed by atoms with Crippen LogP contribution in [0.15, 0.2) is 24.3 Å². The van der Waals surface area contributed by atoms with Gasteiger partial charge in [0.25, 0.3) is 0 Å². The molecule has 0 saturated carbocycles. The van der Waals surface area contributed by atoms with Crippen LogP contribution in [-0.2, 0) is 16.0 Å². The molecular formula is C14H18ClN3O2S. The van der Waals surface area contributed by atoms with Crippen molar-refractivity contribution < 1.29 is 9.59 Å². The van der Waals surface area contributed by atoms with Gasteiger partial charge in [-0.2, -0.15) is 0 Å². The molecule has 1 aromatic carbocycles. The molecule has 0 radical (unpaired) electrons. The van der Waals surface area contributed by atoms with Crippen LogP contribution in [0.4, 0.5) is 0 Å². The van der Waals surface area contributed by atoms with E-state index in [0.717, 1.165) is 12.0 Å². The summed E-state index contributed by atoms with van der Waals surface area (Å²) >= 11 is 10.9. The predicted octanol–water partition coefficient (Wildman–Crippen LogP) is 2.09. The number of aryl methyl sites for hydroxylation is 1. The molecule has 0 aliphatic heterocycles. The van der Waals surface area contributed by atoms with Crippen LogP contribution in [0.3, 0.4) is 0 Å². The number of nitrogens with one attached hydrogen (secondary N) is 3. The molecule has 1 rings (SSSR count). The molecule has 21 heavy (non-hydrogen) atoms. The first-order chi connectivity index (χ1) is 10.0. The van der Waals surface area contributed by atoms with Crippen molar-refractivity contribution in [1.82, 2.24) is 16.2 Å². The molecule has 3 N–H and O–H groups in total. The van der Waals surface area contributed by atoms with Crippen LogP contribution in [-0.4, -0.2) is 16.9 Å². The lowest BCUT2D eigenvalue weighted by Gasteiger charge is -2.10. The Labute approximate surface area is 134 Å². The van der Waals surface area contributed by atoms with E-state index in [2.05, 4.69) is 16.2 Å². The van der Waals surface area contributed by atoms with Crippen molar-refractivity contribution in [2.75, 3.05) is 0 Å². The van der Waals surface area contributed by atoms with E-state index in [0.29, 0.717) is 17.9 Å². The maximum absolute atomic E-state index is 11.7. The van der Waals surface area contributed by atoms with Gasteiger partial charge in [0, 0.05) is 17.9 Å². The van der Waals surface area contributed by atoms with Gasteiger partial charge in [-0.05, 0) is 36.7 Å². The zero-order chi connectivity index (χ0) is 15.7. The fourth-order valence-electron chi connectivity index (χ4n) is 1.59. The van der Waals surface area contributed by atoms with Gasteiger partial charge >= 0.3 is 0 Å². The molecule has 7 heteroatoms. The second kappa shape index (κ2) is 9.31. The summed E-state index contributed by atoms with van der Waals surface area (Å²) in [5.41, 5.74) is 5.79. The average Bonchev–Trinajstić information content (AvgIpc) is 2.44. The number of carbonyl (C=O) groups excluding carboxylic acids is 2. The predicted molar refractivity (Wildman–Crippen MR) is 86.7 cm³/mol. The van der Waals surface area contributed by atoms with E-state index in [9.17, 15) is 9.59 Å². The van der Waals surface area contributed by atoms with E-state index < -0.39 is 0 Å². The van der Waals surface area contributed by atoms with Crippen molar-refractivity contribution in [3.8, 4) is 0 Å². The highest BCUT2D eigenvalue weighted by atomic mass is 35.5. The molecule has 0 saturated heterocycles. The maximum Gasteiger partial charge on any atom is 0.238 e. The lowest BCUT2D eigenvalue weighted by atomic mass is 10.1. The summed E-state index contributed by atoms with van der Waals surface area (Å²) in [5.74, 6) is -0.415. The van der Waals surface area contributed by atoms with Crippen molar-refractivity contribution in [1.29, 1.82) is 0 Å². The Balaban J connectivity index is 2.29. The molecule has 2 amide bonds. The normalized spacial score (nSPS) is 9.81. The lowest BCUT2D eigenvalue weighted by molar-refractivity contribution is -0.122. The van der Waals surface area contributed by atoms with Gasteiger partial charge in [0.2, 0.25) is 11.8 Å². The molecule has 0 aliphatic carbocycles. The molecule has 0 bridgehead atoms. The second-order valence-electron chi connectivity index (χ2n) is 4.39. The van der Waals surface area contributed by atoms with Gasteiger partial charge in [0.05, 0.1) is 0 Å². The Kier molecular flexibility index (Phi) is 7.71. The smallest absolute Gasteiger partial charge is 0.238 e. The molecule has 0 fully saturated rings. The minimum absolute atomic E-state index is 0.0728. The molecule has 0 aromatic heterocycles. The molecule has 0 atom stereocenters. The Morgan fingerprint density at radius 3 is 2.52 bits per heavy atom. The number of hydrogen-bond donors (Lipinski definition) is 3. The van der Waals surface area contributed by atoms with Gasteiger partial charge < -0.3 is 5.32 Å². The summed E-state index contributed by atoms with van der Waals surface area (Å²) in [5, 5.41) is 3.20. The summed E-state index contributed by atoms with van der Waals surface area (Å²) in [6.07, 6.45) is 1.92. The molecular weight excluding hydrogens is 310 g/mol. The van der Waals surface area contributed by atoms with Crippen LogP contribution in [0, 0.1) is 0 Å². The largest absolute Gasteiger partial charge is 0.302 e. The highest BCUT2D eigenvalue weighted by Crippen LogP contribution is 2.16. The van der Waals surface area contributed by atoms with E-state index >= 15 is 0 Å². The summed E-state index contributed by atoms with van der Waals surface area (Å²) < 4.78 is 0. The highest BCUT2D eigenvalue weighted by molar-refractivity contribution is 7.80. The van der Waals surface area contributed by atoms with Crippen molar-refractivity contribution in [2.24, 2.45) is 0 Å². The van der Waals surface area contributed by atoms with Gasteiger partial charge in [-0.25, -0.2) is 0 Å². The number of hydrazine groups is 1. The lowest BCUT2D eigenvalue weighted by Crippen LogP contribution is -2.48. The fraction of sp³-hybridized carbons (Fsp3) is 0.357. The number of rotatable bonds is 5. The van der Waals surface area contributed by atoms with E-state index in [1.54, 1.807) is 6.07 Å². The van der Waals surface area contributed by atoms with Crippen LogP contribution < -0.4 is 16.2 Å². The van der Waals surface area contributed by atoms with Crippen molar-refractivity contribution in [3.05, 3.63) is 34.9 Å². The van der Waals surface area contributed by atoms with Gasteiger partial charge in [0.1, 0.15) is 0 Å². The first-order valence-corrected chi connectivity index (χ1v) is 7.43. The summed E-state index contributed by atoms with van der Waals surface area (Å²) in [4.78, 5) is 22.9. The molecule has 0 aliphatic rings. The number of amides is 2. The summed E-state index contributed by atoms with van der Waals surface area (Å²) in [7, 11) is 0. The maximum atomic E-state index is 11.7. The Morgan fingerprint density at radius 2 is 1.86 bits per heavy atom. The van der Waals surface area contributed by atoms with E-state index in [-0.39, 0.29) is 23.3 Å². The van der Waals surface area contributed by atoms with Crippen LogP contribution in [0.5, 0.6) is 0 Å². The minimum atomic E-state index is -0.239. The first-order valence-electron chi connectivity index (χ1n) is 6.65. The third-order valence-electron chi connectivity index (χ3n) is 2.62. The summed E-state index contributed by atoms with van der Waals surface area (Å²) in [6.45, 7) is 1.90. The quantitative estimate of drug-likeness (QED) is 0.572. The standard InChI is InChI=1S/C14H18ClN3O2S/c1-2-5-13(20)17-18-14(21)16-12(19)9-8-10-6-3-4-7-11(10)15/h3-4,6-7H,2,5,8-9H2,1H3,(H,17,20)(H2,16,18,19,21). The Morgan fingerprint density at radius 1 is 1.14 bits per heavy atom. The zero-order valence-corrected chi connectivity index (χ0v) is 13.3. The Hall–Kier alpha value is -1.66. The topological polar surface area (TPSA) is 70.2 Å². The molecule has 1 aromatic rings. The third kappa shape index (κ3) is 7.06. The highest BCUT2D eigenvalue weighted by Gasteiger charge is 2.07. The SMILES string of the molecule is CCCC(=O)NNC(=S)NC(=O)CCc1ccccc1Cl. The molecule has 5 nitrogen and oxygen atoms in total. The molecule has 0 heterocycles. The monoisotopic (exact) mass is 327 g/mol. The van der Waals surface area contributed by atoms with E-state index in [4.69, 9.17) is 23.8 Å². The van der Waals surface area contributed by atoms with Crippen molar-refractivity contribution in [3.63, 3.8) is 0 Å². The Bertz CT molecular complexity index is 523. The molecule has 0 spiro atoms. The van der Waals surface area contributed by atoms with Crippen molar-refractivity contribution >= 4 is 40.7 Å². The number of halogens is 1. The average molecular weight is 328 g/mol. The van der Waals surface area contributed by atoms with Crippen molar-refractivity contribution in [2.45, 2.75) is 32.6 Å². The number of hydrogen-bond acceptors (Lipinski definition) is 3. The van der Waals surface area contributed by atoms with Crippen LogP contribution >= 0.6 is 23.8 Å². The third-order valence-corrected chi connectivity index (χ3v) is 3.20. The van der Waals surface area contributed by atoms with Crippen LogP contribution in [0.2, 0.25) is 5.02 Å². The zero-order valence-electron chi connectivity index (χ0n) is 11.7. The van der Waals surface area contributed by atoms with E-state index in [1.807, 2.05) is 25.1 Å². The number of benzene rings is 1. The first kappa shape index (κ1) is 17.4. The molecule has 0 unspecified atom stereocenters. The number of thiocarbonyl (C=S) groups is 1. The van der Waals surface area contributed by atoms with Gasteiger partial charge in [0.15, 0.2) is 5.11 Å². The van der Waals surface area contributed by atoms with Gasteiger partial charge in [-0.1, -0.05) is 36.7 Å². The minimum Gasteiger partial charge on any atom is -0.302 e. The molecule has 114 valence electrons. The fourth-order valence-corrected chi connectivity index (χ4v) is 1.98. The van der Waals surface area contributed by atoms with E-state index in [1.165, 1.54) is 0 Å². The van der Waals surface area contributed by atoms with Crippen LogP contribution in [0.25, 0.3) is 0 Å². The second-order valence-corrected chi connectivity index (χ2v) is 5.21.